The molecule has 0 radical (unpaired) electrons. The molecule has 1 saturated heterocycles. The Morgan fingerprint density at radius 2 is 1.85 bits per heavy atom. The van der Waals surface area contributed by atoms with Crippen molar-refractivity contribution in [1.29, 1.82) is 0 Å². The first-order valence-corrected chi connectivity index (χ1v) is 9.68. The smallest absolute Gasteiger partial charge is 0.307 e. The highest BCUT2D eigenvalue weighted by molar-refractivity contribution is 5.70. The van der Waals surface area contributed by atoms with Crippen molar-refractivity contribution in [2.45, 2.75) is 32.7 Å². The fourth-order valence-electron chi connectivity index (χ4n) is 4.04. The first kappa shape index (κ1) is 19.4. The molecule has 1 heterocycles. The number of aryl methyl sites for hydroxylation is 2. The molecule has 1 fully saturated rings. The number of anilines is 1. The van der Waals surface area contributed by atoms with Crippen LogP contribution in [0.25, 0.3) is 0 Å². The lowest BCUT2D eigenvalue weighted by Gasteiger charge is -2.38. The monoisotopic (exact) mass is 366 g/mol. The van der Waals surface area contributed by atoms with Crippen LogP contribution in [0.5, 0.6) is 0 Å². The van der Waals surface area contributed by atoms with E-state index >= 15 is 0 Å². The van der Waals surface area contributed by atoms with Crippen molar-refractivity contribution in [3.05, 3.63) is 64.7 Å². The van der Waals surface area contributed by atoms with Crippen LogP contribution in [0.1, 0.15) is 41.1 Å². The maximum Gasteiger partial charge on any atom is 0.307 e. The van der Waals surface area contributed by atoms with E-state index in [0.717, 1.165) is 19.4 Å². The number of benzene rings is 2. The molecule has 2 unspecified atom stereocenters. The zero-order chi connectivity index (χ0) is 19.6. The van der Waals surface area contributed by atoms with Gasteiger partial charge in [-0.15, -0.1) is 0 Å². The van der Waals surface area contributed by atoms with Crippen LogP contribution in [0.3, 0.4) is 0 Å². The van der Waals surface area contributed by atoms with Crippen LogP contribution in [0.2, 0.25) is 0 Å². The van der Waals surface area contributed by atoms with E-state index in [2.05, 4.69) is 66.1 Å². The van der Waals surface area contributed by atoms with Crippen molar-refractivity contribution < 1.29 is 9.90 Å². The fraction of sp³-hybridized carbons (Fsp3) is 0.435. The number of hydrogen-bond donors (Lipinski definition) is 1. The Labute approximate surface area is 162 Å². The predicted octanol–water partition coefficient (Wildman–Crippen LogP) is 4.26. The van der Waals surface area contributed by atoms with Crippen molar-refractivity contribution in [3.8, 4) is 0 Å². The van der Waals surface area contributed by atoms with Crippen LogP contribution in [-0.2, 0) is 4.79 Å². The number of piperidine rings is 1. The molecule has 1 N–H and O–H groups in total. The quantitative estimate of drug-likeness (QED) is 0.859. The second-order valence-corrected chi connectivity index (χ2v) is 7.92. The topological polar surface area (TPSA) is 43.8 Å². The van der Waals surface area contributed by atoms with Crippen molar-refractivity contribution in [1.82, 2.24) is 4.90 Å². The van der Waals surface area contributed by atoms with Gasteiger partial charge in [0.05, 0.1) is 12.0 Å². The second kappa shape index (κ2) is 8.13. The van der Waals surface area contributed by atoms with Crippen molar-refractivity contribution in [3.63, 3.8) is 0 Å². The third-order valence-electron chi connectivity index (χ3n) is 5.62. The van der Waals surface area contributed by atoms with Crippen LogP contribution in [-0.4, -0.2) is 43.2 Å². The molecule has 0 spiro atoms. The highest BCUT2D eigenvalue weighted by Crippen LogP contribution is 2.35. The van der Waals surface area contributed by atoms with Crippen molar-refractivity contribution in [2.75, 3.05) is 32.1 Å². The Balaban J connectivity index is 2.03. The lowest BCUT2D eigenvalue weighted by molar-refractivity contribution is -0.143. The molecule has 2 atom stereocenters. The van der Waals surface area contributed by atoms with Gasteiger partial charge >= 0.3 is 5.97 Å². The molecule has 1 aliphatic rings. The van der Waals surface area contributed by atoms with E-state index < -0.39 is 5.97 Å². The van der Waals surface area contributed by atoms with E-state index in [1.807, 2.05) is 14.1 Å². The van der Waals surface area contributed by atoms with Gasteiger partial charge in [0.25, 0.3) is 0 Å². The Bertz CT molecular complexity index is 799. The number of hydrogen-bond acceptors (Lipinski definition) is 3. The number of likely N-dealkylation sites (tertiary alicyclic amines) is 1. The van der Waals surface area contributed by atoms with Crippen molar-refractivity contribution >= 4 is 11.7 Å². The van der Waals surface area contributed by atoms with Crippen molar-refractivity contribution in [2.24, 2.45) is 5.92 Å². The minimum Gasteiger partial charge on any atom is -0.481 e. The average molecular weight is 367 g/mol. The zero-order valence-corrected chi connectivity index (χ0v) is 16.8. The molecule has 144 valence electrons. The summed E-state index contributed by atoms with van der Waals surface area (Å²) in [7, 11) is 4.08. The van der Waals surface area contributed by atoms with E-state index in [9.17, 15) is 9.90 Å². The summed E-state index contributed by atoms with van der Waals surface area (Å²) in [6.45, 7) is 5.79. The van der Waals surface area contributed by atoms with E-state index in [1.54, 1.807) is 0 Å². The molecule has 0 amide bonds. The first-order chi connectivity index (χ1) is 12.9. The molecule has 27 heavy (non-hydrogen) atoms. The summed E-state index contributed by atoms with van der Waals surface area (Å²) in [5.74, 6) is -0.963. The standard InChI is InChI=1S/C23H30N2O2/c1-16-7-8-17(2)21(14-16)22(18-9-11-20(12-10-18)24(3)4)25-13-5-6-19(15-25)23(26)27/h7-12,14,19,22H,5-6,13,15H2,1-4H3,(H,26,27). The number of rotatable bonds is 5. The number of carbonyl (C=O) groups is 1. The molecule has 4 heteroatoms. The van der Waals surface area contributed by atoms with Crippen LogP contribution < -0.4 is 4.90 Å². The van der Waals surface area contributed by atoms with Gasteiger partial charge in [-0.05, 0) is 62.1 Å². The minimum absolute atomic E-state index is 0.0864. The van der Waals surface area contributed by atoms with E-state index in [-0.39, 0.29) is 12.0 Å². The van der Waals surface area contributed by atoms with Crippen LogP contribution in [0.15, 0.2) is 42.5 Å². The third-order valence-corrected chi connectivity index (χ3v) is 5.62. The molecule has 3 rings (SSSR count). The van der Waals surface area contributed by atoms with E-state index in [0.29, 0.717) is 6.54 Å². The van der Waals surface area contributed by atoms with Gasteiger partial charge in [-0.2, -0.15) is 0 Å². The fourth-order valence-corrected chi connectivity index (χ4v) is 4.04. The molecule has 2 aromatic carbocycles. The van der Waals surface area contributed by atoms with Gasteiger partial charge in [0.15, 0.2) is 0 Å². The number of carboxylic acids is 1. The van der Waals surface area contributed by atoms with Gasteiger partial charge in [0.2, 0.25) is 0 Å². The van der Waals surface area contributed by atoms with Gasteiger partial charge < -0.3 is 10.0 Å². The molecular formula is C23H30N2O2. The summed E-state index contributed by atoms with van der Waals surface area (Å²) in [6, 6.07) is 15.3. The Kier molecular flexibility index (Phi) is 5.85. The van der Waals surface area contributed by atoms with Crippen LogP contribution >= 0.6 is 0 Å². The van der Waals surface area contributed by atoms with Crippen LogP contribution in [0, 0.1) is 19.8 Å². The Hall–Kier alpha value is -2.33. The molecule has 0 saturated carbocycles. The van der Waals surface area contributed by atoms with Gasteiger partial charge in [-0.3, -0.25) is 9.69 Å². The molecule has 0 aromatic heterocycles. The zero-order valence-electron chi connectivity index (χ0n) is 16.8. The predicted molar refractivity (Wildman–Crippen MR) is 110 cm³/mol. The lowest BCUT2D eigenvalue weighted by atomic mass is 9.89. The number of nitrogens with zero attached hydrogens (tertiary/aromatic N) is 2. The summed E-state index contributed by atoms with van der Waals surface area (Å²) in [4.78, 5) is 16.1. The molecular weight excluding hydrogens is 336 g/mol. The summed E-state index contributed by atoms with van der Waals surface area (Å²) in [5.41, 5.74) is 6.15. The third kappa shape index (κ3) is 4.33. The second-order valence-electron chi connectivity index (χ2n) is 7.92. The van der Waals surface area contributed by atoms with Gasteiger partial charge in [0, 0.05) is 26.3 Å². The Morgan fingerprint density at radius 3 is 2.48 bits per heavy atom. The average Bonchev–Trinajstić information content (AvgIpc) is 2.65. The summed E-state index contributed by atoms with van der Waals surface area (Å²) in [6.07, 6.45) is 1.69. The van der Waals surface area contributed by atoms with Gasteiger partial charge in [-0.1, -0.05) is 35.9 Å². The number of carboxylic acid groups (broad SMARTS) is 1. The largest absolute Gasteiger partial charge is 0.481 e. The molecule has 1 aliphatic heterocycles. The lowest BCUT2D eigenvalue weighted by Crippen LogP contribution is -2.41. The summed E-state index contributed by atoms with van der Waals surface area (Å²) < 4.78 is 0. The van der Waals surface area contributed by atoms with E-state index in [1.165, 1.54) is 27.9 Å². The van der Waals surface area contributed by atoms with Gasteiger partial charge in [-0.25, -0.2) is 0 Å². The molecule has 0 aliphatic carbocycles. The maximum absolute atomic E-state index is 11.6. The minimum atomic E-state index is -0.678. The normalized spacial score (nSPS) is 18.9. The van der Waals surface area contributed by atoms with Gasteiger partial charge in [0.1, 0.15) is 0 Å². The maximum atomic E-state index is 11.6. The summed E-state index contributed by atoms with van der Waals surface area (Å²) >= 11 is 0. The molecule has 0 bridgehead atoms. The molecule has 2 aromatic rings. The first-order valence-electron chi connectivity index (χ1n) is 9.68. The molecule has 4 nitrogen and oxygen atoms in total. The SMILES string of the molecule is Cc1ccc(C)c(C(c2ccc(N(C)C)cc2)N2CCCC(C(=O)O)C2)c1. The van der Waals surface area contributed by atoms with E-state index in [4.69, 9.17) is 0 Å². The highest BCUT2D eigenvalue weighted by atomic mass is 16.4. The number of aliphatic carboxylic acids is 1. The van der Waals surface area contributed by atoms with Crippen LogP contribution in [0.4, 0.5) is 5.69 Å². The highest BCUT2D eigenvalue weighted by Gasteiger charge is 2.31. The Morgan fingerprint density at radius 1 is 1.15 bits per heavy atom. The summed E-state index contributed by atoms with van der Waals surface area (Å²) in [5, 5.41) is 9.54.